The van der Waals surface area contributed by atoms with Crippen LogP contribution in [-0.2, 0) is 0 Å². The van der Waals surface area contributed by atoms with Crippen molar-refractivity contribution in [1.82, 2.24) is 0 Å². The van der Waals surface area contributed by atoms with Crippen LogP contribution in [0, 0.1) is 40.4 Å². The van der Waals surface area contributed by atoms with Crippen LogP contribution in [0.5, 0.6) is 0 Å². The minimum absolute atomic E-state index is 0.477. The second-order valence-corrected chi connectivity index (χ2v) is 10.7. The zero-order valence-corrected chi connectivity index (χ0v) is 21.4. The molecule has 0 radical (unpaired) electrons. The second-order valence-electron chi connectivity index (χ2n) is 10.7. The van der Waals surface area contributed by atoms with Gasteiger partial charge in [-0.2, -0.15) is 0 Å². The standard InChI is InChI=1S/C25H40.2C2H6/c1-6-18(3)21-11-12-22-20-10-9-19-8-7-17(2)13-15-24(19,4)23(20)14-16-25(21,22)5;2*1-2/h9-10,17-18,21-23H,6-8,11-16H2,1-5H3;2*1-2H3. The number of allylic oxidation sites excluding steroid dienone is 4. The van der Waals surface area contributed by atoms with Gasteiger partial charge in [-0.3, -0.25) is 0 Å². The first kappa shape index (κ1) is 24.7. The molecule has 7 unspecified atom stereocenters. The molecule has 0 heterocycles. The Morgan fingerprint density at radius 3 is 2.24 bits per heavy atom. The summed E-state index contributed by atoms with van der Waals surface area (Å²) in [6, 6.07) is 0. The summed E-state index contributed by atoms with van der Waals surface area (Å²) in [6.45, 7) is 20.7. The molecule has 0 aromatic rings. The smallest absolute Gasteiger partial charge is 0.00476 e. The minimum Gasteiger partial charge on any atom is -0.0683 e. The van der Waals surface area contributed by atoms with E-state index in [-0.39, 0.29) is 0 Å². The molecule has 0 bridgehead atoms. The summed E-state index contributed by atoms with van der Waals surface area (Å²) in [5.41, 5.74) is 4.73. The molecule has 4 rings (SSSR count). The predicted molar refractivity (Wildman–Crippen MR) is 131 cm³/mol. The number of fused-ring (bicyclic) bond motifs is 5. The van der Waals surface area contributed by atoms with Crippen molar-refractivity contribution in [2.24, 2.45) is 40.4 Å². The van der Waals surface area contributed by atoms with E-state index in [9.17, 15) is 0 Å². The van der Waals surface area contributed by atoms with Crippen LogP contribution < -0.4 is 0 Å². The summed E-state index contributed by atoms with van der Waals surface area (Å²) >= 11 is 0. The van der Waals surface area contributed by atoms with Gasteiger partial charge in [-0.1, -0.05) is 92.0 Å². The quantitative estimate of drug-likeness (QED) is 0.432. The molecule has 0 amide bonds. The molecule has 168 valence electrons. The van der Waals surface area contributed by atoms with E-state index in [0.29, 0.717) is 10.8 Å². The van der Waals surface area contributed by atoms with Gasteiger partial charge in [0.05, 0.1) is 0 Å². The lowest BCUT2D eigenvalue weighted by Gasteiger charge is -2.53. The van der Waals surface area contributed by atoms with Gasteiger partial charge in [-0.15, -0.1) is 0 Å². The van der Waals surface area contributed by atoms with Crippen LogP contribution in [0.15, 0.2) is 23.3 Å². The Hall–Kier alpha value is -0.520. The lowest BCUT2D eigenvalue weighted by Crippen LogP contribution is -2.44. The molecule has 0 heteroatoms. The fraction of sp³-hybridized carbons (Fsp3) is 0.862. The van der Waals surface area contributed by atoms with Crippen LogP contribution in [0.3, 0.4) is 0 Å². The SMILES string of the molecule is CC.CC.CCC(C)C1CCC2C3=CC=C4CCC(C)CCC4(C)C3CCC21C. The fourth-order valence-electron chi connectivity index (χ4n) is 7.58. The van der Waals surface area contributed by atoms with Crippen LogP contribution in [-0.4, -0.2) is 0 Å². The van der Waals surface area contributed by atoms with E-state index >= 15 is 0 Å². The average Bonchev–Trinajstić information content (AvgIpc) is 3.03. The van der Waals surface area contributed by atoms with Crippen LogP contribution in [0.1, 0.15) is 120 Å². The van der Waals surface area contributed by atoms with E-state index in [0.717, 1.165) is 29.6 Å². The second kappa shape index (κ2) is 10.2. The normalized spacial score (nSPS) is 41.6. The third kappa shape index (κ3) is 4.29. The zero-order valence-electron chi connectivity index (χ0n) is 21.4. The van der Waals surface area contributed by atoms with Gasteiger partial charge in [0.15, 0.2) is 0 Å². The molecule has 4 aliphatic rings. The van der Waals surface area contributed by atoms with E-state index in [2.05, 4.69) is 46.8 Å². The molecule has 0 saturated heterocycles. The highest BCUT2D eigenvalue weighted by Crippen LogP contribution is 2.65. The number of rotatable bonds is 2. The molecular weight excluding hydrogens is 348 g/mol. The van der Waals surface area contributed by atoms with E-state index in [1.807, 2.05) is 33.3 Å². The Kier molecular flexibility index (Phi) is 8.70. The average molecular weight is 401 g/mol. The molecule has 29 heavy (non-hydrogen) atoms. The zero-order chi connectivity index (χ0) is 21.8. The molecule has 0 N–H and O–H groups in total. The van der Waals surface area contributed by atoms with E-state index in [1.165, 1.54) is 57.8 Å². The van der Waals surface area contributed by atoms with Crippen LogP contribution in [0.25, 0.3) is 0 Å². The van der Waals surface area contributed by atoms with Crippen molar-refractivity contribution in [2.45, 2.75) is 120 Å². The number of hydrogen-bond donors (Lipinski definition) is 0. The van der Waals surface area contributed by atoms with Gasteiger partial charge in [-0.05, 0) is 91.8 Å². The minimum atomic E-state index is 0.477. The van der Waals surface area contributed by atoms with Crippen molar-refractivity contribution in [3.05, 3.63) is 23.3 Å². The molecule has 0 aromatic carbocycles. The monoisotopic (exact) mass is 400 g/mol. The summed E-state index contributed by atoms with van der Waals surface area (Å²) in [5.74, 6) is 4.50. The molecule has 0 spiro atoms. The van der Waals surface area contributed by atoms with E-state index in [1.54, 1.807) is 5.57 Å². The van der Waals surface area contributed by atoms with Gasteiger partial charge in [0, 0.05) is 0 Å². The first-order valence-electron chi connectivity index (χ1n) is 13.3. The van der Waals surface area contributed by atoms with Crippen molar-refractivity contribution in [2.75, 3.05) is 0 Å². The highest BCUT2D eigenvalue weighted by atomic mass is 14.6. The Morgan fingerprint density at radius 1 is 0.897 bits per heavy atom. The van der Waals surface area contributed by atoms with E-state index in [4.69, 9.17) is 0 Å². The summed E-state index contributed by atoms with van der Waals surface area (Å²) in [7, 11) is 0. The third-order valence-corrected chi connectivity index (χ3v) is 9.56. The summed E-state index contributed by atoms with van der Waals surface area (Å²) < 4.78 is 0. The van der Waals surface area contributed by atoms with Crippen molar-refractivity contribution in [3.8, 4) is 0 Å². The van der Waals surface area contributed by atoms with Gasteiger partial charge in [-0.25, -0.2) is 0 Å². The molecule has 3 fully saturated rings. The molecule has 7 atom stereocenters. The molecule has 4 aliphatic carbocycles. The predicted octanol–water partition coefficient (Wildman–Crippen LogP) is 9.61. The van der Waals surface area contributed by atoms with Crippen LogP contribution in [0.4, 0.5) is 0 Å². The molecule has 0 aromatic heterocycles. The lowest BCUT2D eigenvalue weighted by molar-refractivity contribution is 0.0531. The maximum atomic E-state index is 2.66. The largest absolute Gasteiger partial charge is 0.0683 e. The Bertz CT molecular complexity index is 581. The lowest BCUT2D eigenvalue weighted by atomic mass is 9.51. The van der Waals surface area contributed by atoms with Gasteiger partial charge in [0.25, 0.3) is 0 Å². The molecule has 0 aliphatic heterocycles. The highest BCUT2D eigenvalue weighted by molar-refractivity contribution is 5.38. The van der Waals surface area contributed by atoms with Gasteiger partial charge in [0.1, 0.15) is 0 Å². The maximum absolute atomic E-state index is 2.66. The molecular formula is C29H52. The highest BCUT2D eigenvalue weighted by Gasteiger charge is 2.56. The number of hydrogen-bond acceptors (Lipinski definition) is 0. The Morgan fingerprint density at radius 2 is 1.59 bits per heavy atom. The summed E-state index contributed by atoms with van der Waals surface area (Å²) in [4.78, 5) is 0. The van der Waals surface area contributed by atoms with Crippen molar-refractivity contribution in [1.29, 1.82) is 0 Å². The third-order valence-electron chi connectivity index (χ3n) is 9.56. The van der Waals surface area contributed by atoms with Gasteiger partial charge in [0.2, 0.25) is 0 Å². The van der Waals surface area contributed by atoms with E-state index < -0.39 is 0 Å². The van der Waals surface area contributed by atoms with Crippen LogP contribution >= 0.6 is 0 Å². The first-order valence-corrected chi connectivity index (χ1v) is 13.3. The summed E-state index contributed by atoms with van der Waals surface area (Å²) in [5, 5.41) is 0. The fourth-order valence-corrected chi connectivity index (χ4v) is 7.58. The van der Waals surface area contributed by atoms with Crippen molar-refractivity contribution in [3.63, 3.8) is 0 Å². The first-order chi connectivity index (χ1) is 13.9. The Balaban J connectivity index is 0.000000707. The Labute approximate surface area is 184 Å². The van der Waals surface area contributed by atoms with Crippen molar-refractivity contribution >= 4 is 0 Å². The van der Waals surface area contributed by atoms with Crippen LogP contribution in [0.2, 0.25) is 0 Å². The van der Waals surface area contributed by atoms with Gasteiger partial charge < -0.3 is 0 Å². The topological polar surface area (TPSA) is 0 Å². The maximum Gasteiger partial charge on any atom is -0.00476 e. The van der Waals surface area contributed by atoms with Crippen molar-refractivity contribution < 1.29 is 0 Å². The molecule has 3 saturated carbocycles. The molecule has 0 nitrogen and oxygen atoms in total. The van der Waals surface area contributed by atoms with Gasteiger partial charge >= 0.3 is 0 Å². The summed E-state index contributed by atoms with van der Waals surface area (Å²) in [6.07, 6.45) is 18.1.